The summed E-state index contributed by atoms with van der Waals surface area (Å²) < 4.78 is 36.6. The second kappa shape index (κ2) is 6.07. The van der Waals surface area contributed by atoms with Gasteiger partial charge >= 0.3 is 0 Å². The van der Waals surface area contributed by atoms with Crippen LogP contribution in [0.2, 0.25) is 0 Å². The SMILES string of the molecule is NS(=O)(=O)c1ccc(N(CCO)C2CCCC2)c(F)c1. The van der Waals surface area contributed by atoms with Crippen molar-refractivity contribution in [2.75, 3.05) is 18.1 Å². The maximum Gasteiger partial charge on any atom is 0.238 e. The highest BCUT2D eigenvalue weighted by molar-refractivity contribution is 7.89. The molecule has 0 radical (unpaired) electrons. The third-order valence-corrected chi connectivity index (χ3v) is 4.57. The summed E-state index contributed by atoms with van der Waals surface area (Å²) in [7, 11) is -3.91. The Balaban J connectivity index is 2.33. The summed E-state index contributed by atoms with van der Waals surface area (Å²) in [5.74, 6) is -0.628. The van der Waals surface area contributed by atoms with Crippen molar-refractivity contribution in [2.24, 2.45) is 5.14 Å². The summed E-state index contributed by atoms with van der Waals surface area (Å²) in [5.41, 5.74) is 0.318. The van der Waals surface area contributed by atoms with Crippen LogP contribution in [-0.2, 0) is 10.0 Å². The molecule has 0 atom stereocenters. The molecule has 1 saturated carbocycles. The fraction of sp³-hybridized carbons (Fsp3) is 0.538. The van der Waals surface area contributed by atoms with Crippen molar-refractivity contribution in [2.45, 2.75) is 36.6 Å². The summed E-state index contributed by atoms with van der Waals surface area (Å²) in [6.07, 6.45) is 4.08. The number of halogens is 1. The number of hydrogen-bond acceptors (Lipinski definition) is 4. The minimum atomic E-state index is -3.91. The first-order valence-corrected chi connectivity index (χ1v) is 8.18. The lowest BCUT2D eigenvalue weighted by Gasteiger charge is -2.31. The molecule has 0 aromatic heterocycles. The summed E-state index contributed by atoms with van der Waals surface area (Å²) in [6.45, 7) is 0.253. The van der Waals surface area contributed by atoms with E-state index in [9.17, 15) is 12.8 Å². The second-order valence-electron chi connectivity index (χ2n) is 5.01. The highest BCUT2D eigenvalue weighted by Crippen LogP contribution is 2.30. The molecule has 1 aromatic rings. The first-order chi connectivity index (χ1) is 9.43. The fourth-order valence-electron chi connectivity index (χ4n) is 2.72. The van der Waals surface area contributed by atoms with Crippen molar-refractivity contribution in [3.05, 3.63) is 24.0 Å². The number of anilines is 1. The van der Waals surface area contributed by atoms with Crippen LogP contribution >= 0.6 is 0 Å². The van der Waals surface area contributed by atoms with Crippen LogP contribution < -0.4 is 10.0 Å². The normalized spacial score (nSPS) is 16.6. The molecule has 0 bridgehead atoms. The third-order valence-electron chi connectivity index (χ3n) is 3.66. The van der Waals surface area contributed by atoms with Crippen LogP contribution in [0.1, 0.15) is 25.7 Å². The molecular weight excluding hydrogens is 283 g/mol. The van der Waals surface area contributed by atoms with E-state index in [4.69, 9.17) is 10.2 Å². The van der Waals surface area contributed by atoms with Gasteiger partial charge in [-0.1, -0.05) is 12.8 Å². The van der Waals surface area contributed by atoms with Crippen molar-refractivity contribution < 1.29 is 17.9 Å². The number of nitrogens with two attached hydrogens (primary N) is 1. The van der Waals surface area contributed by atoms with E-state index in [-0.39, 0.29) is 17.5 Å². The van der Waals surface area contributed by atoms with Gasteiger partial charge in [0.2, 0.25) is 10.0 Å². The van der Waals surface area contributed by atoms with Crippen LogP contribution in [-0.4, -0.2) is 32.7 Å². The average Bonchev–Trinajstić information content (AvgIpc) is 2.89. The van der Waals surface area contributed by atoms with Gasteiger partial charge in [0.05, 0.1) is 17.2 Å². The van der Waals surface area contributed by atoms with Crippen molar-refractivity contribution in [3.8, 4) is 0 Å². The molecule has 1 aromatic carbocycles. The number of primary sulfonamides is 1. The molecule has 0 amide bonds. The first-order valence-electron chi connectivity index (χ1n) is 6.63. The summed E-state index contributed by atoms with van der Waals surface area (Å²) in [4.78, 5) is 1.57. The largest absolute Gasteiger partial charge is 0.395 e. The Labute approximate surface area is 118 Å². The zero-order chi connectivity index (χ0) is 14.8. The average molecular weight is 302 g/mol. The van der Waals surface area contributed by atoms with E-state index < -0.39 is 15.8 Å². The number of nitrogens with zero attached hydrogens (tertiary/aromatic N) is 1. The maximum absolute atomic E-state index is 14.2. The van der Waals surface area contributed by atoms with Crippen molar-refractivity contribution >= 4 is 15.7 Å². The van der Waals surface area contributed by atoms with Crippen LogP contribution in [0.3, 0.4) is 0 Å². The lowest BCUT2D eigenvalue weighted by atomic mass is 10.1. The van der Waals surface area contributed by atoms with Gasteiger partial charge in [-0.05, 0) is 31.0 Å². The van der Waals surface area contributed by atoms with Gasteiger partial charge in [-0.25, -0.2) is 17.9 Å². The molecule has 1 fully saturated rings. The lowest BCUT2D eigenvalue weighted by molar-refractivity contribution is 0.296. The molecule has 112 valence electrons. The molecule has 0 aliphatic heterocycles. The Kier molecular flexibility index (Phi) is 4.62. The molecule has 0 spiro atoms. The molecule has 1 aliphatic rings. The molecule has 7 heteroatoms. The van der Waals surface area contributed by atoms with Crippen molar-refractivity contribution in [3.63, 3.8) is 0 Å². The summed E-state index contributed by atoms with van der Waals surface area (Å²) in [6, 6.07) is 3.84. The van der Waals surface area contributed by atoms with Gasteiger partial charge in [0.1, 0.15) is 5.82 Å². The minimum absolute atomic E-state index is 0.0765. The number of rotatable bonds is 5. The zero-order valence-electron chi connectivity index (χ0n) is 11.1. The maximum atomic E-state index is 14.2. The van der Waals surface area contributed by atoms with Gasteiger partial charge in [-0.2, -0.15) is 0 Å². The molecule has 0 unspecified atom stereocenters. The Morgan fingerprint density at radius 2 is 2.00 bits per heavy atom. The van der Waals surface area contributed by atoms with E-state index in [1.54, 1.807) is 0 Å². The molecule has 3 N–H and O–H groups in total. The van der Waals surface area contributed by atoms with E-state index in [1.807, 2.05) is 4.90 Å². The minimum Gasteiger partial charge on any atom is -0.395 e. The van der Waals surface area contributed by atoms with E-state index >= 15 is 0 Å². The monoisotopic (exact) mass is 302 g/mol. The first kappa shape index (κ1) is 15.2. The Hall–Kier alpha value is -1.18. The van der Waals surface area contributed by atoms with Crippen LogP contribution in [0.25, 0.3) is 0 Å². The highest BCUT2D eigenvalue weighted by Gasteiger charge is 2.25. The van der Waals surface area contributed by atoms with Crippen molar-refractivity contribution in [1.82, 2.24) is 0 Å². The number of benzene rings is 1. The summed E-state index contributed by atoms with van der Waals surface area (Å²) >= 11 is 0. The smallest absolute Gasteiger partial charge is 0.238 e. The van der Waals surface area contributed by atoms with Crippen molar-refractivity contribution in [1.29, 1.82) is 0 Å². The van der Waals surface area contributed by atoms with Gasteiger partial charge < -0.3 is 10.0 Å². The molecule has 20 heavy (non-hydrogen) atoms. The zero-order valence-corrected chi connectivity index (χ0v) is 11.9. The molecule has 5 nitrogen and oxygen atoms in total. The number of sulfonamides is 1. The van der Waals surface area contributed by atoms with Crippen LogP contribution in [0, 0.1) is 5.82 Å². The van der Waals surface area contributed by atoms with Crippen LogP contribution in [0.5, 0.6) is 0 Å². The quantitative estimate of drug-likeness (QED) is 0.856. The Morgan fingerprint density at radius 3 is 2.50 bits per heavy atom. The fourth-order valence-corrected chi connectivity index (χ4v) is 3.25. The Morgan fingerprint density at radius 1 is 1.35 bits per heavy atom. The third kappa shape index (κ3) is 3.28. The van der Waals surface area contributed by atoms with Gasteiger partial charge in [0.25, 0.3) is 0 Å². The topological polar surface area (TPSA) is 83.6 Å². The van der Waals surface area contributed by atoms with Gasteiger partial charge in [0.15, 0.2) is 0 Å². The van der Waals surface area contributed by atoms with Crippen LogP contribution in [0.4, 0.5) is 10.1 Å². The van der Waals surface area contributed by atoms with E-state index in [1.165, 1.54) is 12.1 Å². The lowest BCUT2D eigenvalue weighted by Crippen LogP contribution is -2.36. The number of aliphatic hydroxyl groups is 1. The summed E-state index contributed by atoms with van der Waals surface area (Å²) in [5, 5.41) is 14.1. The van der Waals surface area contributed by atoms with Gasteiger partial charge in [0, 0.05) is 12.6 Å². The van der Waals surface area contributed by atoms with E-state index in [0.717, 1.165) is 31.7 Å². The highest BCUT2D eigenvalue weighted by atomic mass is 32.2. The van der Waals surface area contributed by atoms with E-state index in [0.29, 0.717) is 12.2 Å². The molecule has 0 heterocycles. The van der Waals surface area contributed by atoms with Gasteiger partial charge in [-0.15, -0.1) is 0 Å². The predicted molar refractivity (Wildman–Crippen MR) is 74.5 cm³/mol. The molecular formula is C13H19FN2O3S. The second-order valence-corrected chi connectivity index (χ2v) is 6.57. The Bertz CT molecular complexity index is 571. The number of hydrogen-bond donors (Lipinski definition) is 2. The van der Waals surface area contributed by atoms with Gasteiger partial charge in [-0.3, -0.25) is 0 Å². The van der Waals surface area contributed by atoms with Crippen LogP contribution in [0.15, 0.2) is 23.1 Å². The molecule has 2 rings (SSSR count). The number of aliphatic hydroxyl groups excluding tert-OH is 1. The molecule has 0 saturated heterocycles. The molecule has 1 aliphatic carbocycles. The predicted octanol–water partition coefficient (Wildman–Crippen LogP) is 1.21. The standard InChI is InChI=1S/C13H19FN2O3S/c14-12-9-11(20(15,18)19)5-6-13(12)16(7-8-17)10-3-1-2-4-10/h5-6,9-10,17H,1-4,7-8H2,(H2,15,18,19). The van der Waals surface area contributed by atoms with E-state index in [2.05, 4.69) is 0 Å².